The number of hydrogen-bond donors (Lipinski definition) is 3. The van der Waals surface area contributed by atoms with Crippen molar-refractivity contribution in [2.45, 2.75) is 12.5 Å². The van der Waals surface area contributed by atoms with Crippen LogP contribution in [0.4, 0.5) is 0 Å². The number of nitrogens with one attached hydrogen (secondary N) is 1. The summed E-state index contributed by atoms with van der Waals surface area (Å²) in [6.07, 6.45) is -0.604. The Bertz CT molecular complexity index is 274. The van der Waals surface area contributed by atoms with E-state index in [4.69, 9.17) is 4.55 Å². The van der Waals surface area contributed by atoms with Gasteiger partial charge in [0.25, 0.3) is 10.1 Å². The van der Waals surface area contributed by atoms with E-state index in [1.54, 1.807) is 0 Å². The number of aliphatic hydroxyl groups excluding tert-OH is 1. The van der Waals surface area contributed by atoms with Crippen molar-refractivity contribution in [1.29, 1.82) is 0 Å². The predicted molar refractivity (Wildman–Crippen MR) is 56.3 cm³/mol. The summed E-state index contributed by atoms with van der Waals surface area (Å²) >= 11 is 0. The molecule has 0 saturated carbocycles. The standard InChI is InChI=1S/C8H18N2O4S/c11-8(1-6-15(12,13)14)7-10-4-2-9-3-5-10/h8-9,11H,1-7H2,(H,12,13,14). The van der Waals surface area contributed by atoms with E-state index in [9.17, 15) is 13.5 Å². The maximum Gasteiger partial charge on any atom is 0.264 e. The Kier molecular flexibility index (Phi) is 4.94. The molecule has 1 unspecified atom stereocenters. The average molecular weight is 238 g/mol. The van der Waals surface area contributed by atoms with Crippen molar-refractivity contribution in [1.82, 2.24) is 10.2 Å². The molecule has 1 aliphatic rings. The quantitative estimate of drug-likeness (QED) is 0.507. The largest absolute Gasteiger partial charge is 0.392 e. The Labute approximate surface area is 90.0 Å². The zero-order chi connectivity index (χ0) is 11.3. The summed E-state index contributed by atoms with van der Waals surface area (Å²) in [7, 11) is -3.95. The van der Waals surface area contributed by atoms with Gasteiger partial charge in [-0.05, 0) is 6.42 Å². The lowest BCUT2D eigenvalue weighted by Gasteiger charge is -2.28. The van der Waals surface area contributed by atoms with Crippen molar-refractivity contribution in [3.8, 4) is 0 Å². The Morgan fingerprint density at radius 2 is 1.93 bits per heavy atom. The van der Waals surface area contributed by atoms with Gasteiger partial charge < -0.3 is 10.4 Å². The first-order chi connectivity index (χ1) is 6.97. The van der Waals surface area contributed by atoms with Crippen LogP contribution in [0, 0.1) is 0 Å². The molecular weight excluding hydrogens is 220 g/mol. The van der Waals surface area contributed by atoms with Gasteiger partial charge in [0.2, 0.25) is 0 Å². The van der Waals surface area contributed by atoms with Gasteiger partial charge in [0.1, 0.15) is 0 Å². The maximum atomic E-state index is 10.4. The number of rotatable bonds is 5. The minimum Gasteiger partial charge on any atom is -0.392 e. The monoisotopic (exact) mass is 238 g/mol. The van der Waals surface area contributed by atoms with E-state index in [1.807, 2.05) is 0 Å². The van der Waals surface area contributed by atoms with Crippen LogP contribution in [0.25, 0.3) is 0 Å². The summed E-state index contributed by atoms with van der Waals surface area (Å²) < 4.78 is 29.4. The molecule has 15 heavy (non-hydrogen) atoms. The van der Waals surface area contributed by atoms with E-state index in [0.717, 1.165) is 26.2 Å². The number of aliphatic hydroxyl groups is 1. The molecule has 0 aromatic carbocycles. The first kappa shape index (κ1) is 12.9. The summed E-state index contributed by atoms with van der Waals surface area (Å²) in [6, 6.07) is 0. The number of hydrogen-bond acceptors (Lipinski definition) is 5. The van der Waals surface area contributed by atoms with E-state index >= 15 is 0 Å². The normalized spacial score (nSPS) is 21.5. The summed E-state index contributed by atoms with van der Waals surface area (Å²) in [5, 5.41) is 12.7. The van der Waals surface area contributed by atoms with Gasteiger partial charge in [-0.15, -0.1) is 0 Å². The minimum atomic E-state index is -3.95. The molecule has 0 radical (unpaired) electrons. The number of piperazine rings is 1. The van der Waals surface area contributed by atoms with Crippen molar-refractivity contribution in [3.05, 3.63) is 0 Å². The third-order valence-corrected chi connectivity index (χ3v) is 3.14. The van der Waals surface area contributed by atoms with Gasteiger partial charge in [-0.1, -0.05) is 0 Å². The van der Waals surface area contributed by atoms with Crippen molar-refractivity contribution < 1.29 is 18.1 Å². The first-order valence-corrected chi connectivity index (χ1v) is 6.64. The second-order valence-corrected chi connectivity index (χ2v) is 5.35. The highest BCUT2D eigenvalue weighted by Gasteiger charge is 2.16. The van der Waals surface area contributed by atoms with E-state index in [1.165, 1.54) is 0 Å². The fourth-order valence-corrected chi connectivity index (χ4v) is 2.14. The first-order valence-electron chi connectivity index (χ1n) is 5.04. The van der Waals surface area contributed by atoms with Crippen molar-refractivity contribution in [3.63, 3.8) is 0 Å². The van der Waals surface area contributed by atoms with Crippen molar-refractivity contribution in [2.75, 3.05) is 38.5 Å². The van der Waals surface area contributed by atoms with E-state index in [-0.39, 0.29) is 12.2 Å². The second kappa shape index (κ2) is 5.76. The van der Waals surface area contributed by atoms with Crippen molar-refractivity contribution in [2.24, 2.45) is 0 Å². The van der Waals surface area contributed by atoms with Crippen LogP contribution in [0.2, 0.25) is 0 Å². The molecule has 7 heteroatoms. The van der Waals surface area contributed by atoms with Crippen LogP contribution in [0.1, 0.15) is 6.42 Å². The van der Waals surface area contributed by atoms with Crippen LogP contribution in [0.15, 0.2) is 0 Å². The topological polar surface area (TPSA) is 89.9 Å². The minimum absolute atomic E-state index is 0.0861. The SMILES string of the molecule is O=S(=O)(O)CCC(O)CN1CCNCC1. The molecule has 1 fully saturated rings. The molecule has 6 nitrogen and oxygen atoms in total. The molecule has 0 aromatic rings. The third kappa shape index (κ3) is 6.06. The second-order valence-electron chi connectivity index (χ2n) is 3.78. The summed E-state index contributed by atoms with van der Waals surface area (Å²) in [5.74, 6) is -0.375. The zero-order valence-corrected chi connectivity index (χ0v) is 9.41. The average Bonchev–Trinajstić information content (AvgIpc) is 2.15. The Hall–Kier alpha value is -0.210. The highest BCUT2D eigenvalue weighted by molar-refractivity contribution is 7.85. The van der Waals surface area contributed by atoms with Crippen LogP contribution >= 0.6 is 0 Å². The van der Waals surface area contributed by atoms with E-state index in [0.29, 0.717) is 6.54 Å². The fourth-order valence-electron chi connectivity index (χ4n) is 1.57. The number of β-amino-alcohol motifs (C(OH)–C–C–N with tert-alkyl or cyclic N) is 1. The van der Waals surface area contributed by atoms with E-state index < -0.39 is 16.2 Å². The van der Waals surface area contributed by atoms with Crippen LogP contribution in [0.3, 0.4) is 0 Å². The molecule has 1 heterocycles. The summed E-state index contributed by atoms with van der Waals surface area (Å²) in [6.45, 7) is 3.99. The highest BCUT2D eigenvalue weighted by atomic mass is 32.2. The molecule has 3 N–H and O–H groups in total. The van der Waals surface area contributed by atoms with Gasteiger partial charge in [-0.2, -0.15) is 8.42 Å². The summed E-state index contributed by atoms with van der Waals surface area (Å²) in [5.41, 5.74) is 0. The molecule has 1 atom stereocenters. The molecule has 0 aliphatic carbocycles. The van der Waals surface area contributed by atoms with Crippen molar-refractivity contribution >= 4 is 10.1 Å². The molecule has 0 bridgehead atoms. The highest BCUT2D eigenvalue weighted by Crippen LogP contribution is 2.00. The molecule has 1 rings (SSSR count). The Morgan fingerprint density at radius 1 is 1.33 bits per heavy atom. The molecule has 90 valence electrons. The van der Waals surface area contributed by atoms with Gasteiger partial charge in [-0.3, -0.25) is 9.45 Å². The molecule has 0 spiro atoms. The Balaban J connectivity index is 2.20. The number of nitrogens with zero attached hydrogens (tertiary/aromatic N) is 1. The van der Waals surface area contributed by atoms with Gasteiger partial charge in [0, 0.05) is 32.7 Å². The molecule has 0 aromatic heterocycles. The zero-order valence-electron chi connectivity index (χ0n) is 8.59. The molecular formula is C8H18N2O4S. The maximum absolute atomic E-state index is 10.4. The van der Waals surface area contributed by atoms with Gasteiger partial charge in [0.05, 0.1) is 11.9 Å². The van der Waals surface area contributed by atoms with E-state index in [2.05, 4.69) is 10.2 Å². The Morgan fingerprint density at radius 3 is 2.47 bits per heavy atom. The van der Waals surface area contributed by atoms with Crippen LogP contribution in [-0.4, -0.2) is 67.6 Å². The fraction of sp³-hybridized carbons (Fsp3) is 1.00. The lowest BCUT2D eigenvalue weighted by molar-refractivity contribution is 0.102. The molecule has 0 amide bonds. The lowest BCUT2D eigenvalue weighted by Crippen LogP contribution is -2.46. The van der Waals surface area contributed by atoms with Crippen LogP contribution in [0.5, 0.6) is 0 Å². The van der Waals surface area contributed by atoms with Crippen LogP contribution in [-0.2, 0) is 10.1 Å². The molecule has 1 saturated heterocycles. The predicted octanol–water partition coefficient (Wildman–Crippen LogP) is -1.47. The smallest absolute Gasteiger partial charge is 0.264 e. The van der Waals surface area contributed by atoms with Gasteiger partial charge in [0.15, 0.2) is 0 Å². The lowest BCUT2D eigenvalue weighted by atomic mass is 10.2. The van der Waals surface area contributed by atoms with Crippen LogP contribution < -0.4 is 5.32 Å². The molecule has 1 aliphatic heterocycles. The van der Waals surface area contributed by atoms with Gasteiger partial charge in [-0.25, -0.2) is 0 Å². The third-order valence-electron chi connectivity index (χ3n) is 2.39. The van der Waals surface area contributed by atoms with Gasteiger partial charge >= 0.3 is 0 Å². The summed E-state index contributed by atoms with van der Waals surface area (Å²) in [4.78, 5) is 2.07.